The van der Waals surface area contributed by atoms with Crippen molar-refractivity contribution < 1.29 is 59.6 Å². The van der Waals surface area contributed by atoms with Gasteiger partial charge in [-0.3, -0.25) is 0 Å². The van der Waals surface area contributed by atoms with Crippen LogP contribution in [0, 0.1) is 0 Å². The van der Waals surface area contributed by atoms with E-state index in [1.165, 1.54) is 0 Å². The van der Waals surface area contributed by atoms with Gasteiger partial charge in [-0.15, -0.1) is 0 Å². The molecule has 11 aromatic rings. The molecule has 5 heteroatoms. The van der Waals surface area contributed by atoms with E-state index in [0.29, 0.717) is 16.2 Å². The summed E-state index contributed by atoms with van der Waals surface area (Å²) in [5, 5.41) is -6.27. The molecule has 65 heavy (non-hydrogen) atoms. The maximum atomic E-state index is 10.4. The van der Waals surface area contributed by atoms with Gasteiger partial charge in [0.15, 0.2) is 8.07 Å². The van der Waals surface area contributed by atoms with Crippen molar-refractivity contribution in [1.29, 1.82) is 0 Å². The number of rotatable bonds is 7. The van der Waals surface area contributed by atoms with Crippen LogP contribution in [0.4, 0.5) is 0 Å². The minimum Gasteiger partial charge on any atom is -0.458 e. The highest BCUT2D eigenvalue weighted by atomic mass is 32.2. The molecule has 0 unspecified atom stereocenters. The second kappa shape index (κ2) is 15.3. The Balaban J connectivity index is 1.23. The number of para-hydroxylation sites is 2. The summed E-state index contributed by atoms with van der Waals surface area (Å²) >= 11 is 0.484. The molecule has 0 fully saturated rings. The SMILES string of the molecule is [2H]c1c([2H])c([2H])c([Si](c2c([2H])c([2H])c([2H])c([2H])c2[2H])(c2c([2H])c([2H])c([2H])c([2H])c2[2H])c2c([2H])c([2H])c([2H])c([2H])c2-c2c([2H])c([2H])c3c(c2[2H])Oc2c([2H])c(-c4c([2H])c([2H])c([2H])c(-n5c6c([2H])c([2H])c([2H])c([2H])c6c6c([2H])c([2H])c([2H])c([2H])c65)c4[2H])c([2H])c4c2B3Sc2c([2H])c([2H])c([2H])c([2H])c2-4)c([2H])c1[2H]. The average Bonchev–Trinajstić information content (AvgIpc) is 1.18. The number of fused-ring (bicyclic) bond motifs is 7. The summed E-state index contributed by atoms with van der Waals surface area (Å²) in [5.74, 6) is -3.73. The van der Waals surface area contributed by atoms with E-state index in [0.717, 1.165) is 0 Å². The lowest BCUT2D eigenvalue weighted by molar-refractivity contribution is 0.488. The van der Waals surface area contributed by atoms with Crippen molar-refractivity contribution >= 4 is 79.2 Å². The van der Waals surface area contributed by atoms with E-state index < -0.39 is 365 Å². The minimum absolute atomic E-state index is 0.447. The first kappa shape index (κ1) is 15.3. The zero-order valence-electron chi connectivity index (χ0n) is 72.3. The first-order valence-electron chi connectivity index (χ1n) is 39.1. The largest absolute Gasteiger partial charge is 0.458 e. The molecule has 0 aliphatic carbocycles. The lowest BCUT2D eigenvalue weighted by atomic mass is 9.57. The summed E-state index contributed by atoms with van der Waals surface area (Å²) in [7, 11) is -6.72. The van der Waals surface area contributed by atoms with Crippen molar-refractivity contribution in [2.75, 3.05) is 0 Å². The number of hydrogen-bond acceptors (Lipinski definition) is 2. The van der Waals surface area contributed by atoms with Crippen LogP contribution in [0.1, 0.15) is 54.8 Å². The van der Waals surface area contributed by atoms with Gasteiger partial charge in [0.05, 0.1) is 65.9 Å². The van der Waals surface area contributed by atoms with Gasteiger partial charge in [-0.1, -0.05) is 193 Å². The molecule has 2 nitrogen and oxygen atoms in total. The Labute approximate surface area is 440 Å². The number of aromatic nitrogens is 1. The predicted molar refractivity (Wildman–Crippen MR) is 278 cm³/mol. The van der Waals surface area contributed by atoms with Gasteiger partial charge in [-0.05, 0) is 113 Å². The molecule has 2 aliphatic heterocycles. The second-order valence-electron chi connectivity index (χ2n) is 14.0. The smallest absolute Gasteiger partial charge is 0.289 e. The van der Waals surface area contributed by atoms with Crippen LogP contribution < -0.4 is 36.4 Å². The average molecular weight is 902 g/mol. The molecule has 13 rings (SSSR count). The highest BCUT2D eigenvalue weighted by Crippen LogP contribution is 2.45. The molecule has 10 aromatic carbocycles. The van der Waals surface area contributed by atoms with Gasteiger partial charge in [-0.2, -0.15) is 11.6 Å². The zero-order valence-corrected chi connectivity index (χ0v) is 34.2. The molecule has 0 spiro atoms. The molecule has 3 heterocycles. The van der Waals surface area contributed by atoms with Crippen LogP contribution in [0.5, 0.6) is 11.5 Å². The van der Waals surface area contributed by atoms with Crippen LogP contribution in [0.15, 0.2) is 247 Å². The minimum atomic E-state index is -6.72. The topological polar surface area (TPSA) is 14.2 Å². The van der Waals surface area contributed by atoms with E-state index in [9.17, 15) is 31.5 Å². The summed E-state index contributed by atoms with van der Waals surface area (Å²) < 4.78 is 382. The quantitative estimate of drug-likeness (QED) is 0.117. The Hall–Kier alpha value is -7.57. The van der Waals surface area contributed by atoms with Gasteiger partial charge < -0.3 is 9.30 Å². The molecule has 0 atom stereocenters. The molecule has 0 amide bonds. The third kappa shape index (κ3) is 5.96. The third-order valence-corrected chi connectivity index (χ3v) is 16.1. The molecule has 0 N–H and O–H groups in total. The third-order valence-electron chi connectivity index (χ3n) is 10.7. The fourth-order valence-electron chi connectivity index (χ4n) is 8.07. The van der Waals surface area contributed by atoms with Crippen LogP contribution in [0.2, 0.25) is 0 Å². The molecule has 0 radical (unpaired) electrons. The van der Waals surface area contributed by atoms with Crippen LogP contribution in [0.3, 0.4) is 0 Å². The predicted octanol–water partition coefficient (Wildman–Crippen LogP) is 11.5. The Bertz CT molecular complexity index is 5690. The lowest BCUT2D eigenvalue weighted by Gasteiger charge is -2.36. The maximum Gasteiger partial charge on any atom is 0.289 e. The first-order valence-corrected chi connectivity index (χ1v) is 22.0. The number of hydrogen-bond donors (Lipinski definition) is 0. The second-order valence-corrected chi connectivity index (χ2v) is 18.7. The molecular weight excluding hydrogens is 822 g/mol. The van der Waals surface area contributed by atoms with Gasteiger partial charge in [-0.25, -0.2) is 0 Å². The van der Waals surface area contributed by atoms with Crippen molar-refractivity contribution in [2.45, 2.75) is 4.90 Å². The molecule has 0 bridgehead atoms. The van der Waals surface area contributed by atoms with Crippen molar-refractivity contribution in [1.82, 2.24) is 4.57 Å². The normalized spacial score (nSPS) is 21.3. The van der Waals surface area contributed by atoms with Crippen LogP contribution in [-0.2, 0) is 0 Å². The fraction of sp³-hybridized carbons (Fsp3) is 0. The fourth-order valence-corrected chi connectivity index (χ4v) is 13.1. The Morgan fingerprint density at radius 1 is 0.431 bits per heavy atom. The molecule has 304 valence electrons. The van der Waals surface area contributed by atoms with E-state index in [2.05, 4.69) is 0 Å². The Morgan fingerprint density at radius 2 is 1.00 bits per heavy atom. The molecule has 0 saturated carbocycles. The highest BCUT2D eigenvalue weighted by molar-refractivity contribution is 8.28. The van der Waals surface area contributed by atoms with Gasteiger partial charge >= 0.3 is 0 Å². The van der Waals surface area contributed by atoms with Crippen LogP contribution >= 0.6 is 11.6 Å². The Morgan fingerprint density at radius 3 is 1.68 bits per heavy atom. The molecule has 1 aromatic heterocycles. The van der Waals surface area contributed by atoms with E-state index >= 15 is 0 Å². The standard InChI is InChI=1S/C60H40BNOSSi/c1-4-21-45(22-5-1)65(46-23-6-2-7-24-46,47-25-8-3-9-26-47)59-34-17-13-27-48(59)42-35-36-53-56(39-42)63-57-40-43(38-52-51-30-12-16-33-58(51)64-61(53)60(52)57)41-19-18-20-44(37-41)62-54-31-14-10-28-49(54)50-29-11-15-32-55(50)62/h1-40H/i1D,2D,3D,4D,5D,6D,7D,8D,9D,10D,11D,12D,13D,14D,15D,16D,17D,18D,19D,20D,21D,22D,23D,24D,25D,26D,27D,28D,29D,30D,31D,32D,33D,34D,35D,36D,37D,38D,39D,40D. The van der Waals surface area contributed by atoms with Crippen molar-refractivity contribution in [2.24, 2.45) is 0 Å². The lowest BCUT2D eigenvalue weighted by Crippen LogP contribution is -2.75. The van der Waals surface area contributed by atoms with Crippen molar-refractivity contribution in [3.8, 4) is 50.6 Å². The van der Waals surface area contributed by atoms with Crippen LogP contribution in [0.25, 0.3) is 60.9 Å². The monoisotopic (exact) mass is 902 g/mol. The highest BCUT2D eigenvalue weighted by Gasteiger charge is 2.43. The van der Waals surface area contributed by atoms with Gasteiger partial charge in [0.1, 0.15) is 11.5 Å². The van der Waals surface area contributed by atoms with E-state index in [1.807, 2.05) is 0 Å². The first-order chi connectivity index (χ1) is 48.9. The summed E-state index contributed by atoms with van der Waals surface area (Å²) in [4.78, 5) is -0.448. The molecule has 2 aliphatic rings. The van der Waals surface area contributed by atoms with Crippen molar-refractivity contribution in [3.05, 3.63) is 242 Å². The van der Waals surface area contributed by atoms with Crippen LogP contribution in [-0.4, -0.2) is 18.6 Å². The summed E-state index contributed by atoms with van der Waals surface area (Å²) in [6, 6.07) is -46.5. The van der Waals surface area contributed by atoms with E-state index in [-0.39, 0.29) is 0 Å². The van der Waals surface area contributed by atoms with E-state index in [1.54, 1.807) is 0 Å². The summed E-state index contributed by atoms with van der Waals surface area (Å²) in [5.41, 5.74) is -9.06. The Kier molecular flexibility index (Phi) is 3.60. The summed E-state index contributed by atoms with van der Waals surface area (Å²) in [6.45, 7) is 0. The number of nitrogens with zero attached hydrogens (tertiary/aromatic N) is 1. The van der Waals surface area contributed by atoms with Gasteiger partial charge in [0, 0.05) is 21.4 Å². The van der Waals surface area contributed by atoms with Gasteiger partial charge in [0.2, 0.25) is 0 Å². The van der Waals surface area contributed by atoms with E-state index in [4.69, 9.17) is 28.0 Å². The van der Waals surface area contributed by atoms with Crippen molar-refractivity contribution in [3.63, 3.8) is 0 Å². The summed E-state index contributed by atoms with van der Waals surface area (Å²) in [6.07, 6.45) is 0. The number of benzene rings is 10. The maximum absolute atomic E-state index is 10.4. The van der Waals surface area contributed by atoms with Gasteiger partial charge in [0.25, 0.3) is 5.99 Å². The zero-order chi connectivity index (χ0) is 77.7. The molecular formula is C60H40BNOSSi. The molecule has 0 saturated heterocycles. The number of ether oxygens (including phenoxy) is 1.